The molecule has 1 unspecified atom stereocenters. The average molecular weight is 123 g/mol. The van der Waals surface area contributed by atoms with Gasteiger partial charge in [0.1, 0.15) is 0 Å². The zero-order valence-corrected chi connectivity index (χ0v) is 5.09. The lowest BCUT2D eigenvalue weighted by Crippen LogP contribution is -2.03. The first-order valence-corrected chi connectivity index (χ1v) is 3.15. The Bertz CT molecular complexity index is 216. The molecule has 3 nitrogen and oxygen atoms in total. The molecular weight excluding hydrogens is 114 g/mol. The minimum atomic E-state index is 0.235. The summed E-state index contributed by atoms with van der Waals surface area (Å²) in [5, 5.41) is 6.81. The van der Waals surface area contributed by atoms with Gasteiger partial charge in [-0.1, -0.05) is 0 Å². The first-order chi connectivity index (χ1) is 4.38. The largest absolute Gasteiger partial charge is 0.324 e. The number of aromatic amines is 1. The summed E-state index contributed by atoms with van der Waals surface area (Å²) in [5.74, 6) is 0. The number of hydrogen-bond acceptors (Lipinski definition) is 2. The van der Waals surface area contributed by atoms with Crippen LogP contribution in [0.3, 0.4) is 0 Å². The van der Waals surface area contributed by atoms with Crippen molar-refractivity contribution in [3.63, 3.8) is 0 Å². The number of fused-ring (bicyclic) bond motifs is 1. The summed E-state index contributed by atoms with van der Waals surface area (Å²) >= 11 is 0. The van der Waals surface area contributed by atoms with E-state index in [1.807, 2.05) is 6.20 Å². The van der Waals surface area contributed by atoms with Gasteiger partial charge in [0.15, 0.2) is 0 Å². The zero-order valence-electron chi connectivity index (χ0n) is 5.09. The van der Waals surface area contributed by atoms with Crippen LogP contribution in [0.25, 0.3) is 0 Å². The highest BCUT2D eigenvalue weighted by molar-refractivity contribution is 5.25. The Labute approximate surface area is 53.3 Å². The van der Waals surface area contributed by atoms with E-state index >= 15 is 0 Å². The first-order valence-electron chi connectivity index (χ1n) is 3.15. The molecule has 1 atom stereocenters. The molecule has 0 bridgehead atoms. The van der Waals surface area contributed by atoms with E-state index in [4.69, 9.17) is 5.73 Å². The Morgan fingerprint density at radius 2 is 2.67 bits per heavy atom. The number of aromatic nitrogens is 2. The van der Waals surface area contributed by atoms with Gasteiger partial charge >= 0.3 is 0 Å². The van der Waals surface area contributed by atoms with Crippen molar-refractivity contribution in [3.8, 4) is 0 Å². The van der Waals surface area contributed by atoms with Crippen LogP contribution in [0, 0.1) is 0 Å². The molecule has 0 saturated carbocycles. The van der Waals surface area contributed by atoms with Crippen LogP contribution in [-0.2, 0) is 6.42 Å². The Balaban J connectivity index is 2.49. The molecule has 0 radical (unpaired) electrons. The van der Waals surface area contributed by atoms with E-state index in [1.54, 1.807) is 0 Å². The van der Waals surface area contributed by atoms with Gasteiger partial charge in [0.05, 0.1) is 6.20 Å². The first kappa shape index (κ1) is 4.99. The third-order valence-electron chi connectivity index (χ3n) is 1.86. The summed E-state index contributed by atoms with van der Waals surface area (Å²) in [5.41, 5.74) is 8.16. The molecule has 1 aromatic rings. The van der Waals surface area contributed by atoms with Crippen molar-refractivity contribution in [1.29, 1.82) is 0 Å². The van der Waals surface area contributed by atoms with Gasteiger partial charge in [0.2, 0.25) is 0 Å². The molecule has 3 heteroatoms. The number of nitrogens with two attached hydrogens (primary N) is 1. The number of H-pyrrole nitrogens is 1. The number of rotatable bonds is 0. The van der Waals surface area contributed by atoms with E-state index in [-0.39, 0.29) is 6.04 Å². The van der Waals surface area contributed by atoms with Gasteiger partial charge in [-0.3, -0.25) is 5.10 Å². The van der Waals surface area contributed by atoms with Crippen LogP contribution in [0.15, 0.2) is 6.20 Å². The fourth-order valence-electron chi connectivity index (χ4n) is 1.30. The molecule has 0 fully saturated rings. The van der Waals surface area contributed by atoms with Crippen LogP contribution in [0.5, 0.6) is 0 Å². The Kier molecular flexibility index (Phi) is 0.873. The molecule has 1 heterocycles. The highest BCUT2D eigenvalue weighted by atomic mass is 15.1. The number of nitrogens with zero attached hydrogens (tertiary/aromatic N) is 1. The van der Waals surface area contributed by atoms with Crippen molar-refractivity contribution in [2.75, 3.05) is 0 Å². The van der Waals surface area contributed by atoms with Gasteiger partial charge in [0, 0.05) is 17.3 Å². The molecule has 48 valence electrons. The molecule has 0 spiro atoms. The molecule has 1 aliphatic rings. The van der Waals surface area contributed by atoms with Crippen molar-refractivity contribution in [1.82, 2.24) is 10.2 Å². The van der Waals surface area contributed by atoms with Crippen LogP contribution < -0.4 is 5.73 Å². The summed E-state index contributed by atoms with van der Waals surface area (Å²) in [7, 11) is 0. The van der Waals surface area contributed by atoms with Gasteiger partial charge in [-0.05, 0) is 12.8 Å². The van der Waals surface area contributed by atoms with E-state index in [0.29, 0.717) is 0 Å². The second-order valence-corrected chi connectivity index (χ2v) is 2.45. The minimum Gasteiger partial charge on any atom is -0.324 e. The number of nitrogens with one attached hydrogen (secondary N) is 1. The summed E-state index contributed by atoms with van der Waals surface area (Å²) in [6.07, 6.45) is 3.97. The van der Waals surface area contributed by atoms with Crippen LogP contribution in [0.1, 0.15) is 23.7 Å². The monoisotopic (exact) mass is 123 g/mol. The number of hydrogen-bond donors (Lipinski definition) is 2. The van der Waals surface area contributed by atoms with Crippen LogP contribution in [-0.4, -0.2) is 10.2 Å². The van der Waals surface area contributed by atoms with E-state index in [0.717, 1.165) is 12.8 Å². The quantitative estimate of drug-likeness (QED) is 0.523. The van der Waals surface area contributed by atoms with E-state index in [9.17, 15) is 0 Å². The molecule has 1 aliphatic carbocycles. The third-order valence-corrected chi connectivity index (χ3v) is 1.86. The van der Waals surface area contributed by atoms with Crippen LogP contribution in [0.2, 0.25) is 0 Å². The molecule has 0 saturated heterocycles. The molecule has 9 heavy (non-hydrogen) atoms. The van der Waals surface area contributed by atoms with Crippen LogP contribution >= 0.6 is 0 Å². The maximum absolute atomic E-state index is 5.73. The van der Waals surface area contributed by atoms with E-state index in [1.165, 1.54) is 11.3 Å². The van der Waals surface area contributed by atoms with Crippen LogP contribution in [0.4, 0.5) is 0 Å². The normalized spacial score (nSPS) is 24.3. The summed E-state index contributed by atoms with van der Waals surface area (Å²) in [6, 6.07) is 0.235. The maximum Gasteiger partial charge on any atom is 0.0537 e. The average Bonchev–Trinajstić information content (AvgIpc) is 2.35. The van der Waals surface area contributed by atoms with Gasteiger partial charge < -0.3 is 5.73 Å². The molecular formula is C6H9N3. The van der Waals surface area contributed by atoms with Gasteiger partial charge in [-0.15, -0.1) is 0 Å². The number of aryl methyl sites for hydroxylation is 1. The predicted molar refractivity (Wildman–Crippen MR) is 33.8 cm³/mol. The van der Waals surface area contributed by atoms with Crippen molar-refractivity contribution in [3.05, 3.63) is 17.5 Å². The smallest absolute Gasteiger partial charge is 0.0537 e. The van der Waals surface area contributed by atoms with E-state index < -0.39 is 0 Å². The zero-order chi connectivity index (χ0) is 6.27. The summed E-state index contributed by atoms with van der Waals surface area (Å²) in [4.78, 5) is 0. The topological polar surface area (TPSA) is 54.7 Å². The standard InChI is InChI=1S/C6H9N3/c7-5-1-2-6-4(5)3-8-9-6/h3,5H,1-2,7H2,(H,8,9). The highest BCUT2D eigenvalue weighted by Crippen LogP contribution is 2.26. The van der Waals surface area contributed by atoms with Crippen molar-refractivity contribution < 1.29 is 0 Å². The second-order valence-electron chi connectivity index (χ2n) is 2.45. The molecule has 2 rings (SSSR count). The Morgan fingerprint density at radius 1 is 1.78 bits per heavy atom. The van der Waals surface area contributed by atoms with Crippen molar-refractivity contribution >= 4 is 0 Å². The van der Waals surface area contributed by atoms with E-state index in [2.05, 4.69) is 10.2 Å². The molecule has 0 aromatic carbocycles. The summed E-state index contributed by atoms with van der Waals surface area (Å²) in [6.45, 7) is 0. The van der Waals surface area contributed by atoms with Crippen molar-refractivity contribution in [2.45, 2.75) is 18.9 Å². The Hall–Kier alpha value is -0.830. The second kappa shape index (κ2) is 1.57. The van der Waals surface area contributed by atoms with Gasteiger partial charge in [-0.25, -0.2) is 0 Å². The molecule has 1 aromatic heterocycles. The Morgan fingerprint density at radius 3 is 3.44 bits per heavy atom. The molecule has 0 aliphatic heterocycles. The third kappa shape index (κ3) is 0.580. The highest BCUT2D eigenvalue weighted by Gasteiger charge is 2.19. The fourth-order valence-corrected chi connectivity index (χ4v) is 1.30. The minimum absolute atomic E-state index is 0.235. The lowest BCUT2D eigenvalue weighted by atomic mass is 10.2. The molecule has 3 N–H and O–H groups in total. The lowest BCUT2D eigenvalue weighted by molar-refractivity contribution is 0.703. The van der Waals surface area contributed by atoms with Gasteiger partial charge in [-0.2, -0.15) is 5.10 Å². The van der Waals surface area contributed by atoms with Crippen molar-refractivity contribution in [2.24, 2.45) is 5.73 Å². The molecule has 0 amide bonds. The summed E-state index contributed by atoms with van der Waals surface area (Å²) < 4.78 is 0. The maximum atomic E-state index is 5.73. The fraction of sp³-hybridized carbons (Fsp3) is 0.500. The van der Waals surface area contributed by atoms with Gasteiger partial charge in [0.25, 0.3) is 0 Å². The predicted octanol–water partition coefficient (Wildman–Crippen LogP) is 0.356. The SMILES string of the molecule is NC1CCc2[nH]ncc21. The lowest BCUT2D eigenvalue weighted by Gasteiger charge is -1.96.